The highest BCUT2D eigenvalue weighted by Gasteiger charge is 2.14. The van der Waals surface area contributed by atoms with E-state index in [1.165, 1.54) is 12.1 Å². The minimum atomic E-state index is -1.41. The average Bonchev–Trinajstić information content (AvgIpc) is 2.42. The van der Waals surface area contributed by atoms with Crippen molar-refractivity contribution in [1.82, 2.24) is 0 Å². The van der Waals surface area contributed by atoms with E-state index in [4.69, 9.17) is 27.7 Å². The molecule has 0 aromatic heterocycles. The van der Waals surface area contributed by atoms with Crippen LogP contribution in [0.3, 0.4) is 0 Å². The summed E-state index contributed by atoms with van der Waals surface area (Å²) in [6.45, 7) is 0. The van der Waals surface area contributed by atoms with Crippen molar-refractivity contribution in [2.45, 2.75) is 0 Å². The summed E-state index contributed by atoms with van der Waals surface area (Å²) in [7, 11) is 0. The van der Waals surface area contributed by atoms with E-state index in [1.54, 1.807) is 6.07 Å². The number of nitrogen functional groups attached to an aromatic ring is 1. The summed E-state index contributed by atoms with van der Waals surface area (Å²) >= 11 is 5.85. The maximum absolute atomic E-state index is 13.7. The van der Waals surface area contributed by atoms with Crippen LogP contribution in [0.25, 0.3) is 0 Å². The first kappa shape index (κ1) is 14.6. The third kappa shape index (κ3) is 3.04. The molecule has 2 rings (SSSR count). The second-order valence-electron chi connectivity index (χ2n) is 4.15. The summed E-state index contributed by atoms with van der Waals surface area (Å²) in [5.41, 5.74) is 6.00. The minimum Gasteiger partial charge on any atom is -0.478 e. The SMILES string of the molecule is N#Cc1ccc(Cl)cc1Nc1cc(F)c(C(=O)O)cc1N. The lowest BCUT2D eigenvalue weighted by Gasteiger charge is -2.12. The van der Waals surface area contributed by atoms with Crippen LogP contribution in [0, 0.1) is 17.1 Å². The number of carboxylic acids is 1. The van der Waals surface area contributed by atoms with Gasteiger partial charge in [-0.05, 0) is 24.3 Å². The number of aromatic carboxylic acids is 1. The van der Waals surface area contributed by atoms with Gasteiger partial charge in [-0.1, -0.05) is 11.6 Å². The number of benzene rings is 2. The second kappa shape index (κ2) is 5.69. The minimum absolute atomic E-state index is 0.0395. The number of halogens is 2. The number of hydrogen-bond donors (Lipinski definition) is 3. The van der Waals surface area contributed by atoms with Gasteiger partial charge in [-0.2, -0.15) is 5.26 Å². The Balaban J connectivity index is 2.46. The van der Waals surface area contributed by atoms with Crippen LogP contribution in [0.1, 0.15) is 15.9 Å². The Morgan fingerprint density at radius 3 is 2.67 bits per heavy atom. The first-order valence-corrected chi connectivity index (χ1v) is 6.09. The van der Waals surface area contributed by atoms with Gasteiger partial charge in [-0.25, -0.2) is 9.18 Å². The third-order valence-electron chi connectivity index (χ3n) is 2.74. The van der Waals surface area contributed by atoms with Crippen LogP contribution >= 0.6 is 11.6 Å². The van der Waals surface area contributed by atoms with Crippen molar-refractivity contribution >= 4 is 34.6 Å². The predicted molar refractivity (Wildman–Crippen MR) is 77.2 cm³/mol. The molecule has 0 heterocycles. The Hall–Kier alpha value is -2.78. The van der Waals surface area contributed by atoms with Crippen LogP contribution < -0.4 is 11.1 Å². The first-order chi connectivity index (χ1) is 9.92. The van der Waals surface area contributed by atoms with Crippen molar-refractivity contribution < 1.29 is 14.3 Å². The summed E-state index contributed by atoms with van der Waals surface area (Å²) in [4.78, 5) is 10.8. The van der Waals surface area contributed by atoms with E-state index in [1.807, 2.05) is 6.07 Å². The van der Waals surface area contributed by atoms with E-state index in [-0.39, 0.29) is 11.4 Å². The smallest absolute Gasteiger partial charge is 0.338 e. The predicted octanol–water partition coefficient (Wildman–Crippen LogP) is 3.37. The highest BCUT2D eigenvalue weighted by molar-refractivity contribution is 6.30. The molecule has 5 nitrogen and oxygen atoms in total. The quantitative estimate of drug-likeness (QED) is 0.755. The van der Waals surface area contributed by atoms with Crippen molar-refractivity contribution in [2.75, 3.05) is 11.1 Å². The Bertz CT molecular complexity index is 772. The summed E-state index contributed by atoms with van der Waals surface area (Å²) in [6, 6.07) is 8.46. The van der Waals surface area contributed by atoms with Crippen molar-refractivity contribution in [2.24, 2.45) is 0 Å². The highest BCUT2D eigenvalue weighted by atomic mass is 35.5. The van der Waals surface area contributed by atoms with E-state index in [2.05, 4.69) is 5.32 Å². The van der Waals surface area contributed by atoms with Gasteiger partial charge < -0.3 is 16.2 Å². The summed E-state index contributed by atoms with van der Waals surface area (Å²) in [6.07, 6.45) is 0. The van der Waals surface area contributed by atoms with Crippen LogP contribution in [-0.2, 0) is 0 Å². The molecule has 2 aromatic rings. The standard InChI is InChI=1S/C14H9ClFN3O2/c15-8-2-1-7(6-17)12(3-8)19-13-5-10(16)9(14(20)21)4-11(13)18/h1-5,19H,18H2,(H,20,21). The molecular weight excluding hydrogens is 297 g/mol. The molecular formula is C14H9ClFN3O2. The summed E-state index contributed by atoms with van der Waals surface area (Å²) in [5, 5.41) is 21.0. The molecule has 0 aliphatic rings. The maximum Gasteiger partial charge on any atom is 0.338 e. The number of rotatable bonds is 3. The van der Waals surface area contributed by atoms with Gasteiger partial charge in [0.05, 0.1) is 28.2 Å². The number of carboxylic acid groups (broad SMARTS) is 1. The van der Waals surface area contributed by atoms with Gasteiger partial charge >= 0.3 is 5.97 Å². The zero-order valence-corrected chi connectivity index (χ0v) is 11.3. The molecule has 21 heavy (non-hydrogen) atoms. The fourth-order valence-electron chi connectivity index (χ4n) is 1.72. The molecule has 0 saturated heterocycles. The normalized spacial score (nSPS) is 9.95. The van der Waals surface area contributed by atoms with Gasteiger partial charge in [-0.3, -0.25) is 0 Å². The van der Waals surface area contributed by atoms with Crippen LogP contribution in [0.4, 0.5) is 21.5 Å². The third-order valence-corrected chi connectivity index (χ3v) is 2.98. The van der Waals surface area contributed by atoms with E-state index in [9.17, 15) is 9.18 Å². The fraction of sp³-hybridized carbons (Fsp3) is 0. The van der Waals surface area contributed by atoms with E-state index in [0.29, 0.717) is 16.3 Å². The van der Waals surface area contributed by atoms with Gasteiger partial charge in [0.1, 0.15) is 11.9 Å². The molecule has 0 unspecified atom stereocenters. The zero-order chi connectivity index (χ0) is 15.6. The van der Waals surface area contributed by atoms with Crippen LogP contribution in [-0.4, -0.2) is 11.1 Å². The lowest BCUT2D eigenvalue weighted by molar-refractivity contribution is 0.0692. The number of carbonyl (C=O) groups is 1. The van der Waals surface area contributed by atoms with Gasteiger partial charge in [0, 0.05) is 11.1 Å². The summed E-state index contributed by atoms with van der Waals surface area (Å²) < 4.78 is 13.7. The second-order valence-corrected chi connectivity index (χ2v) is 4.59. The number of nitriles is 1. The van der Waals surface area contributed by atoms with Gasteiger partial charge in [0.25, 0.3) is 0 Å². The topological polar surface area (TPSA) is 99.1 Å². The van der Waals surface area contributed by atoms with Gasteiger partial charge in [0.15, 0.2) is 0 Å². The molecule has 106 valence electrons. The van der Waals surface area contributed by atoms with Crippen molar-refractivity contribution in [1.29, 1.82) is 5.26 Å². The Morgan fingerprint density at radius 2 is 2.05 bits per heavy atom. The molecule has 0 aliphatic heterocycles. The fourth-order valence-corrected chi connectivity index (χ4v) is 1.90. The van der Waals surface area contributed by atoms with Crippen LogP contribution in [0.2, 0.25) is 5.02 Å². The lowest BCUT2D eigenvalue weighted by atomic mass is 10.1. The van der Waals surface area contributed by atoms with Gasteiger partial charge in [-0.15, -0.1) is 0 Å². The monoisotopic (exact) mass is 305 g/mol. The van der Waals surface area contributed by atoms with Gasteiger partial charge in [0.2, 0.25) is 0 Å². The molecule has 0 bridgehead atoms. The lowest BCUT2D eigenvalue weighted by Crippen LogP contribution is -2.05. The maximum atomic E-state index is 13.7. The van der Waals surface area contributed by atoms with Crippen molar-refractivity contribution in [3.63, 3.8) is 0 Å². The Morgan fingerprint density at radius 1 is 1.33 bits per heavy atom. The molecule has 4 N–H and O–H groups in total. The van der Waals surface area contributed by atoms with Crippen molar-refractivity contribution in [3.05, 3.63) is 52.3 Å². The molecule has 0 saturated carbocycles. The number of anilines is 3. The van der Waals surface area contributed by atoms with E-state index in [0.717, 1.165) is 12.1 Å². The van der Waals surface area contributed by atoms with Crippen molar-refractivity contribution in [3.8, 4) is 6.07 Å². The van der Waals surface area contributed by atoms with Crippen LogP contribution in [0.15, 0.2) is 30.3 Å². The molecule has 0 amide bonds. The Kier molecular flexibility index (Phi) is 3.96. The molecule has 0 radical (unpaired) electrons. The van der Waals surface area contributed by atoms with E-state index >= 15 is 0 Å². The number of nitrogens with zero attached hydrogens (tertiary/aromatic N) is 1. The molecule has 0 aliphatic carbocycles. The Labute approximate surface area is 124 Å². The highest BCUT2D eigenvalue weighted by Crippen LogP contribution is 2.29. The number of nitrogens with one attached hydrogen (secondary N) is 1. The molecule has 2 aromatic carbocycles. The largest absolute Gasteiger partial charge is 0.478 e. The number of hydrogen-bond acceptors (Lipinski definition) is 4. The first-order valence-electron chi connectivity index (χ1n) is 5.71. The number of nitrogens with two attached hydrogens (primary N) is 1. The molecule has 0 atom stereocenters. The van der Waals surface area contributed by atoms with Crippen LogP contribution in [0.5, 0.6) is 0 Å². The van der Waals surface area contributed by atoms with E-state index < -0.39 is 17.3 Å². The molecule has 7 heteroatoms. The summed E-state index contributed by atoms with van der Waals surface area (Å²) in [5.74, 6) is -2.34. The zero-order valence-electron chi connectivity index (χ0n) is 10.5. The average molecular weight is 306 g/mol. The molecule has 0 fully saturated rings. The molecule has 0 spiro atoms.